The van der Waals surface area contributed by atoms with Gasteiger partial charge in [0.1, 0.15) is 24.5 Å². The van der Waals surface area contributed by atoms with Crippen LogP contribution in [-0.2, 0) is 25.0 Å². The zero-order valence-corrected chi connectivity index (χ0v) is 18.2. The van der Waals surface area contributed by atoms with Crippen molar-refractivity contribution < 1.29 is 46.0 Å². The Morgan fingerprint density at radius 1 is 1.50 bits per heavy atom. The first-order valence-electron chi connectivity index (χ1n) is 10.6. The van der Waals surface area contributed by atoms with Gasteiger partial charge in [0.25, 0.3) is 11.4 Å². The summed E-state index contributed by atoms with van der Waals surface area (Å²) in [5, 5.41) is 20.7. The maximum absolute atomic E-state index is 15.9. The number of aromatic nitrogens is 2. The van der Waals surface area contributed by atoms with Crippen molar-refractivity contribution in [1.82, 2.24) is 9.55 Å². The topological polar surface area (TPSA) is 132 Å². The minimum absolute atomic E-state index is 0.0617. The molecule has 3 N–H and O–H groups in total. The van der Waals surface area contributed by atoms with E-state index in [1.54, 1.807) is 26.0 Å². The molecule has 0 saturated carbocycles. The maximum atomic E-state index is 15.9. The Morgan fingerprint density at radius 3 is 2.94 bits per heavy atom. The van der Waals surface area contributed by atoms with Crippen LogP contribution in [0.2, 0.25) is 0 Å². The van der Waals surface area contributed by atoms with E-state index in [0.717, 1.165) is 5.56 Å². The molecule has 4 rings (SSSR count). The highest BCUT2D eigenvalue weighted by atomic mass is 32.1. The number of hydrogen-bond donors (Lipinski definition) is 3. The molecule has 2 aliphatic heterocycles. The smallest absolute Gasteiger partial charge is 0.403 e. The van der Waals surface area contributed by atoms with Gasteiger partial charge in [0.15, 0.2) is 11.0 Å². The molecule has 1 unspecified atom stereocenters. The fraction of sp³-hybridized carbons (Fsp3) is 0.444. The molecule has 32 heavy (non-hydrogen) atoms. The van der Waals surface area contributed by atoms with Crippen LogP contribution >= 0.6 is 20.0 Å². The van der Waals surface area contributed by atoms with E-state index in [1.165, 1.54) is 0 Å². The van der Waals surface area contributed by atoms with Crippen LogP contribution in [0.1, 0.15) is 27.0 Å². The van der Waals surface area contributed by atoms with E-state index in [2.05, 4.69) is 0 Å². The zero-order chi connectivity index (χ0) is 26.1. The van der Waals surface area contributed by atoms with E-state index in [1.807, 2.05) is 4.98 Å². The van der Waals surface area contributed by atoms with Gasteiger partial charge >= 0.3 is 7.82 Å². The number of halogens is 2. The normalized spacial score (nSPS) is 36.0. The summed E-state index contributed by atoms with van der Waals surface area (Å²) >= 11 is 4.79. The molecule has 1 aromatic carbocycles. The van der Waals surface area contributed by atoms with Gasteiger partial charge in [-0.2, -0.15) is 4.39 Å². The van der Waals surface area contributed by atoms with Crippen molar-refractivity contribution >= 4 is 20.0 Å². The molecule has 0 radical (unpaired) electrons. The van der Waals surface area contributed by atoms with Crippen LogP contribution < -0.4 is 10.1 Å². The van der Waals surface area contributed by atoms with E-state index in [0.29, 0.717) is 17.3 Å². The molecule has 1 saturated heterocycles. The number of aliphatic hydroxyl groups is 2. The maximum Gasteiger partial charge on any atom is 0.530 e. The number of nitrogens with zero attached hydrogens (tertiary/aromatic N) is 1. The summed E-state index contributed by atoms with van der Waals surface area (Å²) in [7, 11) is -4.87. The Kier molecular flexibility index (Phi) is 4.93. The van der Waals surface area contributed by atoms with Gasteiger partial charge in [0, 0.05) is 5.56 Å². The van der Waals surface area contributed by atoms with Crippen LogP contribution in [0, 0.1) is 24.4 Å². The number of H-pyrrole nitrogens is 1. The Bertz CT molecular complexity index is 1380. The average molecular weight is 495 g/mol. The molecule has 5 atom stereocenters. The Labute approximate surface area is 189 Å². The second kappa shape index (κ2) is 8.10. The van der Waals surface area contributed by atoms with E-state index >= 15 is 4.39 Å². The van der Waals surface area contributed by atoms with E-state index in [-0.39, 0.29) is 16.9 Å². The third kappa shape index (κ3) is 4.05. The van der Waals surface area contributed by atoms with Crippen LogP contribution in [-0.4, -0.2) is 44.4 Å². The first-order valence-corrected chi connectivity index (χ1v) is 10.9. The number of phosphoric ester groups is 1. The third-order valence-electron chi connectivity index (χ3n) is 4.70. The molecule has 14 heteroatoms. The monoisotopic (exact) mass is 495 g/mol. The summed E-state index contributed by atoms with van der Waals surface area (Å²) in [6.45, 7) is -0.801. The first-order chi connectivity index (χ1) is 16.0. The number of alkyl halides is 1. The molecule has 10 nitrogen and oxygen atoms in total. The molecular formula is C18H19F2N2O8PS. The Hall–Kier alpha value is -1.99. The highest BCUT2D eigenvalue weighted by Crippen LogP contribution is 2.56. The van der Waals surface area contributed by atoms with Crippen molar-refractivity contribution in [2.24, 2.45) is 0 Å². The van der Waals surface area contributed by atoms with E-state index in [4.69, 9.17) is 34.6 Å². The zero-order valence-electron chi connectivity index (χ0n) is 19.5. The Balaban J connectivity index is 1.68. The number of ether oxygens (including phenoxy) is 1. The van der Waals surface area contributed by atoms with Crippen molar-refractivity contribution in [3.63, 3.8) is 0 Å². The fourth-order valence-electron chi connectivity index (χ4n) is 3.23. The number of aliphatic hydroxyl groups excluding tert-OH is 2. The summed E-state index contributed by atoms with van der Waals surface area (Å²) in [4.78, 5) is 13.2. The van der Waals surface area contributed by atoms with Gasteiger partial charge in [0.05, 0.1) is 16.9 Å². The summed E-state index contributed by atoms with van der Waals surface area (Å²) < 4.78 is 86.5. The quantitative estimate of drug-likeness (QED) is 0.432. The molecule has 3 heterocycles. The molecule has 0 bridgehead atoms. The SMILES string of the molecule is [2H]C([2H])(OP1(=O)OCc2cc(C)cc(C)c2O1)[C@@]1(F)O[C@@]([2H])(n2cc(F)c(=O)[nH]c2=S)[C@H](O)[C@@H]1O. The number of aryl methyl sites for hydroxylation is 2. The van der Waals surface area contributed by atoms with Crippen LogP contribution in [0.3, 0.4) is 0 Å². The number of hydrogen-bond acceptors (Lipinski definition) is 9. The van der Waals surface area contributed by atoms with Gasteiger partial charge < -0.3 is 19.5 Å². The van der Waals surface area contributed by atoms with E-state index in [9.17, 15) is 24.0 Å². The Morgan fingerprint density at radius 2 is 2.22 bits per heavy atom. The molecule has 0 aliphatic carbocycles. The van der Waals surface area contributed by atoms with Crippen LogP contribution in [0.25, 0.3) is 0 Å². The predicted octanol–water partition coefficient (Wildman–Crippen LogP) is 2.31. The van der Waals surface area contributed by atoms with Crippen molar-refractivity contribution in [3.8, 4) is 5.75 Å². The highest BCUT2D eigenvalue weighted by molar-refractivity contribution is 7.71. The number of phosphoric acid groups is 1. The lowest BCUT2D eigenvalue weighted by atomic mass is 10.1. The number of benzene rings is 1. The van der Waals surface area contributed by atoms with Gasteiger partial charge in [-0.15, -0.1) is 0 Å². The minimum Gasteiger partial charge on any atom is -0.403 e. The summed E-state index contributed by atoms with van der Waals surface area (Å²) in [5.41, 5.74) is 0.531. The molecule has 1 aromatic heterocycles. The standard InChI is InChI=1S/C18H19F2N2O8PS/c1-8-3-9(2)13-10(4-8)6-27-31(26,30-13)28-7-18(20)14(24)12(23)16(29-18)22-5-11(19)15(25)21-17(22)32/h3-5,12,14,16,23-24H,6-7H2,1-2H3,(H,21,25,32)/t12-,14+,16-,18-,31?/m1/s1/i7D2,16D. The number of rotatable bonds is 4. The molecule has 1 fully saturated rings. The third-order valence-corrected chi connectivity index (χ3v) is 6.16. The molecule has 2 aromatic rings. The van der Waals surface area contributed by atoms with E-state index < -0.39 is 54.8 Å². The summed E-state index contributed by atoms with van der Waals surface area (Å²) in [6.07, 6.45) is -8.32. The van der Waals surface area contributed by atoms with Crippen molar-refractivity contribution in [2.75, 3.05) is 6.56 Å². The number of aromatic amines is 1. The molecule has 174 valence electrons. The lowest BCUT2D eigenvalue weighted by Gasteiger charge is -2.29. The predicted molar refractivity (Wildman–Crippen MR) is 107 cm³/mol. The van der Waals surface area contributed by atoms with Crippen molar-refractivity contribution in [3.05, 3.63) is 56.0 Å². The molecule has 0 amide bonds. The summed E-state index contributed by atoms with van der Waals surface area (Å²) in [5.74, 6) is -5.52. The lowest BCUT2D eigenvalue weighted by Crippen LogP contribution is -2.43. The van der Waals surface area contributed by atoms with Crippen LogP contribution in [0.15, 0.2) is 23.1 Å². The number of nitrogens with one attached hydrogen (secondary N) is 1. The van der Waals surface area contributed by atoms with Gasteiger partial charge in [-0.05, 0) is 31.6 Å². The molecule has 2 aliphatic rings. The second-order valence-electron chi connectivity index (χ2n) is 7.16. The van der Waals surface area contributed by atoms with Crippen LogP contribution in [0.5, 0.6) is 5.75 Å². The number of fused-ring (bicyclic) bond motifs is 1. The van der Waals surface area contributed by atoms with Gasteiger partial charge in [-0.3, -0.25) is 23.4 Å². The van der Waals surface area contributed by atoms with Gasteiger partial charge in [0.2, 0.25) is 5.82 Å². The van der Waals surface area contributed by atoms with Crippen LogP contribution in [0.4, 0.5) is 8.78 Å². The first kappa shape index (κ1) is 19.5. The van der Waals surface area contributed by atoms with Gasteiger partial charge in [-0.1, -0.05) is 17.7 Å². The van der Waals surface area contributed by atoms with Crippen molar-refractivity contribution in [1.29, 1.82) is 0 Å². The molecular weight excluding hydrogens is 473 g/mol. The summed E-state index contributed by atoms with van der Waals surface area (Å²) in [6, 6.07) is 3.35. The van der Waals surface area contributed by atoms with Gasteiger partial charge in [-0.25, -0.2) is 8.96 Å². The lowest BCUT2D eigenvalue weighted by molar-refractivity contribution is -0.205. The highest BCUT2D eigenvalue weighted by Gasteiger charge is 2.57. The van der Waals surface area contributed by atoms with Crippen molar-refractivity contribution in [2.45, 2.75) is 44.7 Å². The average Bonchev–Trinajstić information content (AvgIpc) is 2.93. The largest absolute Gasteiger partial charge is 0.530 e. The molecule has 0 spiro atoms. The fourth-order valence-corrected chi connectivity index (χ4v) is 4.62. The minimum atomic E-state index is -4.87. The second-order valence-corrected chi connectivity index (χ2v) is 9.06.